The van der Waals surface area contributed by atoms with Gasteiger partial charge >= 0.3 is 0 Å². The quantitative estimate of drug-likeness (QED) is 0.610. The Morgan fingerprint density at radius 2 is 1.23 bits per heavy atom. The number of benzene rings is 3. The third-order valence-electron chi connectivity index (χ3n) is 5.05. The average Bonchev–Trinajstić information content (AvgIpc) is 2.64. The highest BCUT2D eigenvalue weighted by Crippen LogP contribution is 2.32. The van der Waals surface area contributed by atoms with Crippen molar-refractivity contribution in [2.45, 2.75) is 38.5 Å². The molecule has 0 amide bonds. The van der Waals surface area contributed by atoms with Crippen molar-refractivity contribution in [1.29, 1.82) is 0 Å². The van der Waals surface area contributed by atoms with Gasteiger partial charge in [-0.05, 0) is 71.2 Å². The molecule has 0 spiro atoms. The van der Waals surface area contributed by atoms with E-state index in [-0.39, 0.29) is 5.41 Å². The lowest BCUT2D eigenvalue weighted by Gasteiger charge is -2.28. The summed E-state index contributed by atoms with van der Waals surface area (Å²) < 4.78 is 0. The van der Waals surface area contributed by atoms with E-state index in [1.54, 1.807) is 24.3 Å². The fourth-order valence-electron chi connectivity index (χ4n) is 3.42. The van der Waals surface area contributed by atoms with Gasteiger partial charge in [0.1, 0.15) is 11.5 Å². The molecule has 2 nitrogen and oxygen atoms in total. The molecular formula is C24H26O2. The average molecular weight is 346 g/mol. The Kier molecular flexibility index (Phi) is 5.32. The van der Waals surface area contributed by atoms with Crippen LogP contribution >= 0.6 is 0 Å². The van der Waals surface area contributed by atoms with Gasteiger partial charge in [0.15, 0.2) is 0 Å². The van der Waals surface area contributed by atoms with Crippen LogP contribution in [0.5, 0.6) is 11.5 Å². The van der Waals surface area contributed by atoms with Gasteiger partial charge in [-0.1, -0.05) is 62.4 Å². The maximum absolute atomic E-state index is 9.49. The zero-order chi connectivity index (χ0) is 18.6. The van der Waals surface area contributed by atoms with Gasteiger partial charge in [-0.3, -0.25) is 0 Å². The molecule has 134 valence electrons. The van der Waals surface area contributed by atoms with Crippen molar-refractivity contribution >= 4 is 0 Å². The molecule has 0 bridgehead atoms. The molecule has 2 N–H and O–H groups in total. The van der Waals surface area contributed by atoms with Crippen LogP contribution < -0.4 is 0 Å². The molecule has 0 aliphatic heterocycles. The Balaban J connectivity index is 1.78. The van der Waals surface area contributed by atoms with Crippen LogP contribution in [0.15, 0.2) is 72.8 Å². The molecule has 3 rings (SSSR count). The largest absolute Gasteiger partial charge is 0.508 e. The molecule has 0 aromatic heterocycles. The summed E-state index contributed by atoms with van der Waals surface area (Å²) in [5.74, 6) is 0.614. The van der Waals surface area contributed by atoms with Crippen LogP contribution in [0.2, 0.25) is 0 Å². The van der Waals surface area contributed by atoms with Crippen LogP contribution in [-0.4, -0.2) is 10.2 Å². The van der Waals surface area contributed by atoms with Crippen LogP contribution in [0.3, 0.4) is 0 Å². The van der Waals surface area contributed by atoms with Crippen LogP contribution in [0.4, 0.5) is 0 Å². The van der Waals surface area contributed by atoms with Crippen molar-refractivity contribution in [3.05, 3.63) is 95.1 Å². The maximum atomic E-state index is 9.49. The Morgan fingerprint density at radius 1 is 0.692 bits per heavy atom. The lowest BCUT2D eigenvalue weighted by atomic mass is 9.76. The normalized spacial score (nSPS) is 11.5. The summed E-state index contributed by atoms with van der Waals surface area (Å²) in [5.41, 5.74) is 5.18. The first-order valence-electron chi connectivity index (χ1n) is 9.08. The third kappa shape index (κ3) is 4.45. The number of aryl methyl sites for hydroxylation is 1. The third-order valence-corrected chi connectivity index (χ3v) is 5.05. The smallest absolute Gasteiger partial charge is 0.115 e. The van der Waals surface area contributed by atoms with Crippen LogP contribution in [-0.2, 0) is 18.3 Å². The Bertz CT molecular complexity index is 846. The molecule has 0 radical (unpaired) electrons. The molecule has 0 saturated heterocycles. The van der Waals surface area contributed by atoms with Gasteiger partial charge < -0.3 is 10.2 Å². The monoisotopic (exact) mass is 346 g/mol. The van der Waals surface area contributed by atoms with Crippen LogP contribution in [0.1, 0.15) is 42.5 Å². The van der Waals surface area contributed by atoms with Crippen LogP contribution in [0.25, 0.3) is 0 Å². The second kappa shape index (κ2) is 7.65. The second-order valence-electron chi connectivity index (χ2n) is 7.55. The van der Waals surface area contributed by atoms with Gasteiger partial charge in [-0.25, -0.2) is 0 Å². The van der Waals surface area contributed by atoms with Crippen molar-refractivity contribution in [1.82, 2.24) is 0 Å². The predicted molar refractivity (Wildman–Crippen MR) is 107 cm³/mol. The van der Waals surface area contributed by atoms with Crippen molar-refractivity contribution < 1.29 is 10.2 Å². The fourth-order valence-corrected chi connectivity index (χ4v) is 3.42. The molecule has 0 heterocycles. The van der Waals surface area contributed by atoms with Gasteiger partial charge in [0.05, 0.1) is 0 Å². The molecule has 0 saturated carbocycles. The van der Waals surface area contributed by atoms with E-state index in [0.717, 1.165) is 19.3 Å². The van der Waals surface area contributed by atoms with Crippen molar-refractivity contribution in [3.63, 3.8) is 0 Å². The summed E-state index contributed by atoms with van der Waals surface area (Å²) in [5, 5.41) is 18.9. The Hall–Kier alpha value is -2.74. The lowest BCUT2D eigenvalue weighted by Crippen LogP contribution is -2.20. The number of phenols is 2. The number of hydrogen-bond acceptors (Lipinski definition) is 2. The van der Waals surface area contributed by atoms with Crippen molar-refractivity contribution in [2.75, 3.05) is 0 Å². The summed E-state index contributed by atoms with van der Waals surface area (Å²) in [6.45, 7) is 4.59. The lowest BCUT2D eigenvalue weighted by molar-refractivity contribution is 0.470. The molecule has 3 aromatic carbocycles. The minimum atomic E-state index is 0.0470. The highest BCUT2D eigenvalue weighted by molar-refractivity contribution is 5.38. The van der Waals surface area contributed by atoms with Crippen molar-refractivity contribution in [2.24, 2.45) is 0 Å². The van der Waals surface area contributed by atoms with Gasteiger partial charge in [0.25, 0.3) is 0 Å². The molecule has 0 aliphatic carbocycles. The SMILES string of the molecule is CC(C)(CCc1ccc(O)cc1)c1ccccc1Cc1ccc(O)cc1. The summed E-state index contributed by atoms with van der Waals surface area (Å²) >= 11 is 0. The van der Waals surface area contributed by atoms with Gasteiger partial charge in [-0.15, -0.1) is 0 Å². The number of aromatic hydroxyl groups is 2. The first-order chi connectivity index (χ1) is 12.4. The first kappa shape index (κ1) is 18.1. The number of hydrogen-bond donors (Lipinski definition) is 2. The van der Waals surface area contributed by atoms with E-state index < -0.39 is 0 Å². The highest BCUT2D eigenvalue weighted by atomic mass is 16.3. The summed E-state index contributed by atoms with van der Waals surface area (Å²) in [7, 11) is 0. The van der Waals surface area contributed by atoms with Gasteiger partial charge in [0.2, 0.25) is 0 Å². The zero-order valence-electron chi connectivity index (χ0n) is 15.4. The van der Waals surface area contributed by atoms with E-state index in [1.807, 2.05) is 24.3 Å². The number of phenolic OH excluding ortho intramolecular Hbond substituents is 2. The maximum Gasteiger partial charge on any atom is 0.115 e. The first-order valence-corrected chi connectivity index (χ1v) is 9.08. The Morgan fingerprint density at radius 3 is 1.85 bits per heavy atom. The topological polar surface area (TPSA) is 40.5 Å². The van der Waals surface area contributed by atoms with Crippen molar-refractivity contribution in [3.8, 4) is 11.5 Å². The molecule has 2 heteroatoms. The molecule has 0 fully saturated rings. The standard InChI is InChI=1S/C24H26O2/c1-24(2,16-15-18-7-11-21(25)12-8-18)23-6-4-3-5-20(23)17-19-9-13-22(26)14-10-19/h3-14,25-26H,15-17H2,1-2H3. The van der Waals surface area contributed by atoms with E-state index in [1.165, 1.54) is 22.3 Å². The van der Waals surface area contributed by atoms with E-state index in [0.29, 0.717) is 11.5 Å². The molecule has 0 unspecified atom stereocenters. The predicted octanol–water partition coefficient (Wildman–Crippen LogP) is 5.60. The van der Waals surface area contributed by atoms with Crippen LogP contribution in [0, 0.1) is 0 Å². The Labute approximate surface area is 155 Å². The summed E-state index contributed by atoms with van der Waals surface area (Å²) in [4.78, 5) is 0. The fraction of sp³-hybridized carbons (Fsp3) is 0.250. The zero-order valence-corrected chi connectivity index (χ0v) is 15.4. The molecule has 3 aromatic rings. The van der Waals surface area contributed by atoms with Gasteiger partial charge in [-0.2, -0.15) is 0 Å². The molecular weight excluding hydrogens is 320 g/mol. The van der Waals surface area contributed by atoms with E-state index in [4.69, 9.17) is 0 Å². The van der Waals surface area contributed by atoms with E-state index in [2.05, 4.69) is 38.1 Å². The molecule has 26 heavy (non-hydrogen) atoms. The summed E-state index contributed by atoms with van der Waals surface area (Å²) in [6.07, 6.45) is 2.87. The number of rotatable bonds is 6. The second-order valence-corrected chi connectivity index (χ2v) is 7.55. The molecule has 0 aliphatic rings. The minimum Gasteiger partial charge on any atom is -0.508 e. The van der Waals surface area contributed by atoms with Gasteiger partial charge in [0, 0.05) is 0 Å². The van der Waals surface area contributed by atoms with E-state index >= 15 is 0 Å². The highest BCUT2D eigenvalue weighted by Gasteiger charge is 2.23. The minimum absolute atomic E-state index is 0.0470. The summed E-state index contributed by atoms with van der Waals surface area (Å²) in [6, 6.07) is 23.6. The van der Waals surface area contributed by atoms with E-state index in [9.17, 15) is 10.2 Å². The molecule has 0 atom stereocenters.